The normalized spacial score (nSPS) is 14.9. The number of ether oxygens (including phenoxy) is 2. The first-order chi connectivity index (χ1) is 9.71. The lowest BCUT2D eigenvalue weighted by atomic mass is 10.2. The number of amides is 2. The van der Waals surface area contributed by atoms with E-state index in [1.165, 1.54) is 12.8 Å². The molecule has 0 radical (unpaired) electrons. The van der Waals surface area contributed by atoms with Crippen LogP contribution in [-0.2, 0) is 6.54 Å². The Hall–Kier alpha value is -1.91. The highest BCUT2D eigenvalue weighted by molar-refractivity contribution is 5.74. The summed E-state index contributed by atoms with van der Waals surface area (Å²) in [6, 6.07) is 5.80. The first-order valence-corrected chi connectivity index (χ1v) is 6.97. The summed E-state index contributed by atoms with van der Waals surface area (Å²) in [6.07, 6.45) is 4.58. The molecule has 5 heteroatoms. The van der Waals surface area contributed by atoms with Crippen molar-refractivity contribution in [1.82, 2.24) is 10.6 Å². The Morgan fingerprint density at radius 3 is 2.30 bits per heavy atom. The molecule has 0 spiro atoms. The van der Waals surface area contributed by atoms with Gasteiger partial charge in [-0.05, 0) is 30.5 Å². The molecule has 5 nitrogen and oxygen atoms in total. The summed E-state index contributed by atoms with van der Waals surface area (Å²) >= 11 is 0. The monoisotopic (exact) mass is 278 g/mol. The van der Waals surface area contributed by atoms with Crippen molar-refractivity contribution in [3.05, 3.63) is 23.8 Å². The van der Waals surface area contributed by atoms with Crippen LogP contribution < -0.4 is 20.1 Å². The second-order valence-corrected chi connectivity index (χ2v) is 5.03. The average molecular weight is 278 g/mol. The molecule has 1 aliphatic carbocycles. The molecule has 2 amide bonds. The summed E-state index contributed by atoms with van der Waals surface area (Å²) in [4.78, 5) is 11.8. The molecule has 1 aromatic rings. The average Bonchev–Trinajstić information content (AvgIpc) is 2.97. The fraction of sp³-hybridized carbons (Fsp3) is 0.533. The molecule has 110 valence electrons. The van der Waals surface area contributed by atoms with Crippen molar-refractivity contribution in [2.45, 2.75) is 38.3 Å². The van der Waals surface area contributed by atoms with E-state index in [0.717, 1.165) is 29.9 Å². The van der Waals surface area contributed by atoms with Crippen LogP contribution in [-0.4, -0.2) is 26.3 Å². The summed E-state index contributed by atoms with van der Waals surface area (Å²) in [5, 5.41) is 5.86. The van der Waals surface area contributed by atoms with E-state index in [0.29, 0.717) is 12.6 Å². The minimum Gasteiger partial charge on any atom is -0.497 e. The maximum Gasteiger partial charge on any atom is 0.315 e. The molecule has 0 aliphatic heterocycles. The van der Waals surface area contributed by atoms with Crippen LogP contribution in [0, 0.1) is 0 Å². The van der Waals surface area contributed by atoms with Gasteiger partial charge in [0, 0.05) is 18.7 Å². The van der Waals surface area contributed by atoms with Gasteiger partial charge in [-0.15, -0.1) is 0 Å². The van der Waals surface area contributed by atoms with Crippen molar-refractivity contribution in [2.24, 2.45) is 0 Å². The molecule has 1 fully saturated rings. The van der Waals surface area contributed by atoms with Crippen molar-refractivity contribution in [2.75, 3.05) is 14.2 Å². The molecule has 2 N–H and O–H groups in total. The number of hydrogen-bond acceptors (Lipinski definition) is 3. The van der Waals surface area contributed by atoms with Gasteiger partial charge < -0.3 is 20.1 Å². The predicted octanol–water partition coefficient (Wildman–Crippen LogP) is 2.45. The van der Waals surface area contributed by atoms with E-state index in [1.54, 1.807) is 14.2 Å². The lowest BCUT2D eigenvalue weighted by Crippen LogP contribution is -2.40. The van der Waals surface area contributed by atoms with E-state index in [2.05, 4.69) is 10.6 Å². The Morgan fingerprint density at radius 1 is 1.15 bits per heavy atom. The Bertz CT molecular complexity index is 434. The molecule has 0 saturated heterocycles. The second-order valence-electron chi connectivity index (χ2n) is 5.03. The molecule has 1 aromatic carbocycles. The third-order valence-corrected chi connectivity index (χ3v) is 3.55. The summed E-state index contributed by atoms with van der Waals surface area (Å²) in [6.45, 7) is 0.451. The van der Waals surface area contributed by atoms with Crippen LogP contribution >= 0.6 is 0 Å². The number of carbonyl (C=O) groups is 1. The van der Waals surface area contributed by atoms with Gasteiger partial charge in [-0.2, -0.15) is 0 Å². The second kappa shape index (κ2) is 7.03. The Morgan fingerprint density at radius 2 is 1.75 bits per heavy atom. The van der Waals surface area contributed by atoms with Gasteiger partial charge in [0.2, 0.25) is 0 Å². The Kier molecular flexibility index (Phi) is 5.09. The van der Waals surface area contributed by atoms with Crippen molar-refractivity contribution in [3.8, 4) is 11.5 Å². The SMILES string of the molecule is COc1cc(CNC(=O)NC2CCCC2)cc(OC)c1. The third-order valence-electron chi connectivity index (χ3n) is 3.55. The van der Waals surface area contributed by atoms with Crippen LogP contribution in [0.15, 0.2) is 18.2 Å². The molecular weight excluding hydrogens is 256 g/mol. The lowest BCUT2D eigenvalue weighted by Gasteiger charge is -2.13. The highest BCUT2D eigenvalue weighted by atomic mass is 16.5. The molecule has 1 saturated carbocycles. The van der Waals surface area contributed by atoms with Gasteiger partial charge in [-0.3, -0.25) is 0 Å². The van der Waals surface area contributed by atoms with Gasteiger partial charge in [0.05, 0.1) is 14.2 Å². The molecule has 0 heterocycles. The maximum absolute atomic E-state index is 11.8. The largest absolute Gasteiger partial charge is 0.497 e. The topological polar surface area (TPSA) is 59.6 Å². The van der Waals surface area contributed by atoms with Gasteiger partial charge in [0.25, 0.3) is 0 Å². The molecule has 0 unspecified atom stereocenters. The van der Waals surface area contributed by atoms with Crippen LogP contribution in [0.4, 0.5) is 4.79 Å². The number of carbonyl (C=O) groups excluding carboxylic acids is 1. The van der Waals surface area contributed by atoms with Gasteiger partial charge in [0.15, 0.2) is 0 Å². The van der Waals surface area contributed by atoms with Crippen LogP contribution in [0.1, 0.15) is 31.2 Å². The highest BCUT2D eigenvalue weighted by Gasteiger charge is 2.16. The molecule has 2 rings (SSSR count). The number of benzene rings is 1. The molecule has 0 atom stereocenters. The quantitative estimate of drug-likeness (QED) is 0.869. The predicted molar refractivity (Wildman–Crippen MR) is 77.2 cm³/mol. The molecule has 20 heavy (non-hydrogen) atoms. The van der Waals surface area contributed by atoms with Crippen molar-refractivity contribution >= 4 is 6.03 Å². The van der Waals surface area contributed by atoms with Crippen LogP contribution in [0.5, 0.6) is 11.5 Å². The summed E-state index contributed by atoms with van der Waals surface area (Å²) in [7, 11) is 3.22. The van der Waals surface area contributed by atoms with Crippen LogP contribution in [0.2, 0.25) is 0 Å². The first kappa shape index (κ1) is 14.5. The smallest absolute Gasteiger partial charge is 0.315 e. The molecular formula is C15H22N2O3. The maximum atomic E-state index is 11.8. The van der Waals surface area contributed by atoms with E-state index in [-0.39, 0.29) is 6.03 Å². The van der Waals surface area contributed by atoms with Gasteiger partial charge in [0.1, 0.15) is 11.5 Å². The highest BCUT2D eigenvalue weighted by Crippen LogP contribution is 2.22. The van der Waals surface area contributed by atoms with Crippen molar-refractivity contribution in [3.63, 3.8) is 0 Å². The van der Waals surface area contributed by atoms with Crippen LogP contribution in [0.3, 0.4) is 0 Å². The third kappa shape index (κ3) is 4.05. The number of urea groups is 1. The first-order valence-electron chi connectivity index (χ1n) is 6.97. The Labute approximate surface area is 119 Å². The zero-order valence-corrected chi connectivity index (χ0v) is 12.1. The zero-order valence-electron chi connectivity index (χ0n) is 12.1. The van der Waals surface area contributed by atoms with Gasteiger partial charge >= 0.3 is 6.03 Å². The number of methoxy groups -OCH3 is 2. The van der Waals surface area contributed by atoms with E-state index in [9.17, 15) is 4.79 Å². The summed E-state index contributed by atoms with van der Waals surface area (Å²) in [5.74, 6) is 1.44. The number of hydrogen-bond donors (Lipinski definition) is 2. The van der Waals surface area contributed by atoms with Crippen molar-refractivity contribution < 1.29 is 14.3 Å². The lowest BCUT2D eigenvalue weighted by molar-refractivity contribution is 0.236. The fourth-order valence-electron chi connectivity index (χ4n) is 2.46. The van der Waals surface area contributed by atoms with E-state index in [1.807, 2.05) is 18.2 Å². The number of rotatable bonds is 5. The van der Waals surface area contributed by atoms with E-state index in [4.69, 9.17) is 9.47 Å². The van der Waals surface area contributed by atoms with E-state index >= 15 is 0 Å². The minimum absolute atomic E-state index is 0.112. The summed E-state index contributed by atoms with van der Waals surface area (Å²) in [5.41, 5.74) is 0.947. The van der Waals surface area contributed by atoms with Crippen molar-refractivity contribution in [1.29, 1.82) is 0 Å². The van der Waals surface area contributed by atoms with Crippen LogP contribution in [0.25, 0.3) is 0 Å². The minimum atomic E-state index is -0.112. The standard InChI is InChI=1S/C15H22N2O3/c1-19-13-7-11(8-14(9-13)20-2)10-16-15(18)17-12-5-3-4-6-12/h7-9,12H,3-6,10H2,1-2H3,(H2,16,17,18). The fourth-order valence-corrected chi connectivity index (χ4v) is 2.46. The van der Waals surface area contributed by atoms with E-state index < -0.39 is 0 Å². The van der Waals surface area contributed by atoms with Gasteiger partial charge in [-0.1, -0.05) is 12.8 Å². The molecule has 0 bridgehead atoms. The van der Waals surface area contributed by atoms with Gasteiger partial charge in [-0.25, -0.2) is 4.79 Å². The summed E-state index contributed by atoms with van der Waals surface area (Å²) < 4.78 is 10.4. The Balaban J connectivity index is 1.87. The number of nitrogens with one attached hydrogen (secondary N) is 2. The molecule has 1 aliphatic rings. The molecule has 0 aromatic heterocycles. The zero-order chi connectivity index (χ0) is 14.4.